The summed E-state index contributed by atoms with van der Waals surface area (Å²) in [7, 11) is -5.67. The summed E-state index contributed by atoms with van der Waals surface area (Å²) in [5, 5.41) is 5.49. The highest BCUT2D eigenvalue weighted by Crippen LogP contribution is 2.34. The normalized spacial score (nSPS) is 13.7. The number of hydrogen-bond acceptors (Lipinski definition) is 5. The molecule has 1 aromatic heterocycles. The van der Waals surface area contributed by atoms with Gasteiger partial charge in [0, 0.05) is 24.4 Å². The number of ketones is 1. The molecule has 38 heavy (non-hydrogen) atoms. The van der Waals surface area contributed by atoms with E-state index >= 15 is 0 Å². The average molecular weight is 538 g/mol. The maximum absolute atomic E-state index is 12.2. The fraction of sp³-hybridized carbons (Fsp3) is 0.172. The van der Waals surface area contributed by atoms with E-state index in [1.165, 1.54) is 68.7 Å². The number of aryl methyl sites for hydroxylation is 2. The molecule has 9 heteroatoms. The first-order valence-electron chi connectivity index (χ1n) is 11.8. The number of pyridine rings is 1. The maximum Gasteiger partial charge on any atom is 0.534 e. The summed E-state index contributed by atoms with van der Waals surface area (Å²) in [6.07, 6.45) is 3.63. The van der Waals surface area contributed by atoms with E-state index in [9.17, 15) is 26.4 Å². The molecule has 0 fully saturated rings. The third-order valence-corrected chi connectivity index (χ3v) is 7.55. The summed E-state index contributed by atoms with van der Waals surface area (Å²) in [4.78, 5) is 15.5. The predicted octanol–water partition coefficient (Wildman–Crippen LogP) is 6.82. The first-order chi connectivity index (χ1) is 18.0. The highest BCUT2D eigenvalue weighted by Gasteiger charge is 2.48. The smallest absolute Gasteiger partial charge is 0.375 e. The first kappa shape index (κ1) is 25.7. The first-order valence-corrected chi connectivity index (χ1v) is 13.2. The van der Waals surface area contributed by atoms with Crippen molar-refractivity contribution in [2.24, 2.45) is 0 Å². The van der Waals surface area contributed by atoms with E-state index in [1.54, 1.807) is 0 Å². The molecule has 0 saturated heterocycles. The number of Topliss-reactive ketones (excluding diaryl/α,β-unsaturated/α-hetero) is 1. The largest absolute Gasteiger partial charge is 0.534 e. The SMILES string of the molecule is Cc1cc2c3c(ccc2c2ccccc12)CC(=O)CC3.O=S(=O)(Oc1cccc2ncccc12)C(F)(F)F. The van der Waals surface area contributed by atoms with Gasteiger partial charge >= 0.3 is 15.6 Å². The number of halogens is 3. The fourth-order valence-corrected chi connectivity index (χ4v) is 5.28. The highest BCUT2D eigenvalue weighted by molar-refractivity contribution is 7.88. The van der Waals surface area contributed by atoms with Crippen LogP contribution in [0.3, 0.4) is 0 Å². The number of aromatic nitrogens is 1. The van der Waals surface area contributed by atoms with Crippen LogP contribution >= 0.6 is 0 Å². The van der Waals surface area contributed by atoms with Crippen molar-refractivity contribution in [1.82, 2.24) is 4.98 Å². The van der Waals surface area contributed by atoms with Gasteiger partial charge in [-0.2, -0.15) is 21.6 Å². The predicted molar refractivity (Wildman–Crippen MR) is 141 cm³/mol. The third kappa shape index (κ3) is 4.81. The molecule has 1 aliphatic rings. The molecule has 6 rings (SSSR count). The molecule has 5 aromatic rings. The summed E-state index contributed by atoms with van der Waals surface area (Å²) in [6.45, 7) is 2.18. The van der Waals surface area contributed by atoms with E-state index < -0.39 is 21.4 Å². The van der Waals surface area contributed by atoms with Gasteiger partial charge in [-0.25, -0.2) is 0 Å². The summed E-state index contributed by atoms with van der Waals surface area (Å²) >= 11 is 0. The monoisotopic (exact) mass is 537 g/mol. The van der Waals surface area contributed by atoms with Gasteiger partial charge in [0.1, 0.15) is 5.78 Å². The Kier molecular flexibility index (Phi) is 6.56. The zero-order valence-corrected chi connectivity index (χ0v) is 21.1. The number of hydrogen-bond donors (Lipinski definition) is 0. The van der Waals surface area contributed by atoms with E-state index in [0.717, 1.165) is 12.5 Å². The minimum absolute atomic E-state index is 0.188. The summed E-state index contributed by atoms with van der Waals surface area (Å²) < 4.78 is 62.5. The molecule has 0 amide bonds. The molecular formula is C29H22F3NO4S. The summed E-state index contributed by atoms with van der Waals surface area (Å²) in [5.41, 5.74) is -1.19. The van der Waals surface area contributed by atoms with E-state index in [1.807, 2.05) is 0 Å². The minimum atomic E-state index is -5.67. The lowest BCUT2D eigenvalue weighted by molar-refractivity contribution is -0.118. The molecule has 0 saturated carbocycles. The van der Waals surface area contributed by atoms with E-state index in [-0.39, 0.29) is 5.39 Å². The van der Waals surface area contributed by atoms with Gasteiger partial charge < -0.3 is 4.18 Å². The fourth-order valence-electron chi connectivity index (χ4n) is 4.80. The third-order valence-electron chi connectivity index (χ3n) is 6.59. The van der Waals surface area contributed by atoms with Crippen LogP contribution in [0.2, 0.25) is 0 Å². The maximum atomic E-state index is 12.2. The lowest BCUT2D eigenvalue weighted by atomic mass is 9.85. The standard InChI is InChI=1S/C19H16O.C10H6F3NO3S/c1-12-10-19-16-9-7-14(20)11-13(16)6-8-18(19)17-5-3-2-4-15(12)17;11-10(12,13)18(15,16)17-9-5-1-4-8-7(9)3-2-6-14-8/h2-6,8,10H,7,9,11H2,1H3;1-6H. The van der Waals surface area contributed by atoms with Crippen molar-refractivity contribution in [1.29, 1.82) is 0 Å². The van der Waals surface area contributed by atoms with Crippen LogP contribution in [0.15, 0.2) is 79.0 Å². The van der Waals surface area contributed by atoms with Gasteiger partial charge in [0.15, 0.2) is 5.75 Å². The number of rotatable bonds is 2. The molecule has 0 unspecified atom stereocenters. The van der Waals surface area contributed by atoms with Gasteiger partial charge in [0.2, 0.25) is 0 Å². The Morgan fingerprint density at radius 2 is 1.53 bits per heavy atom. The van der Waals surface area contributed by atoms with E-state index in [0.29, 0.717) is 24.1 Å². The Bertz CT molecular complexity index is 1810. The second-order valence-electron chi connectivity index (χ2n) is 9.06. The van der Waals surface area contributed by atoms with Crippen LogP contribution < -0.4 is 4.18 Å². The number of nitrogens with zero attached hydrogens (tertiary/aromatic N) is 1. The Morgan fingerprint density at radius 3 is 2.29 bits per heavy atom. The summed E-state index contributed by atoms with van der Waals surface area (Å²) in [5.74, 6) is -0.0349. The van der Waals surface area contributed by atoms with Crippen molar-refractivity contribution in [2.75, 3.05) is 0 Å². The van der Waals surface area contributed by atoms with Crippen molar-refractivity contribution in [3.63, 3.8) is 0 Å². The number of benzene rings is 4. The van der Waals surface area contributed by atoms with Crippen LogP contribution in [0, 0.1) is 6.92 Å². The van der Waals surface area contributed by atoms with Crippen LogP contribution in [0.1, 0.15) is 23.1 Å². The van der Waals surface area contributed by atoms with Gasteiger partial charge in [0.25, 0.3) is 0 Å². The van der Waals surface area contributed by atoms with Crippen LogP contribution in [-0.2, 0) is 27.8 Å². The molecular weight excluding hydrogens is 515 g/mol. The molecule has 194 valence electrons. The van der Waals surface area contributed by atoms with Gasteiger partial charge in [-0.3, -0.25) is 9.78 Å². The van der Waals surface area contributed by atoms with Crippen molar-refractivity contribution in [2.45, 2.75) is 31.7 Å². The van der Waals surface area contributed by atoms with Crippen LogP contribution in [-0.4, -0.2) is 24.7 Å². The molecule has 5 nitrogen and oxygen atoms in total. The molecule has 0 spiro atoms. The Labute approximate surface area is 217 Å². The molecule has 0 bridgehead atoms. The van der Waals surface area contributed by atoms with Crippen LogP contribution in [0.5, 0.6) is 5.75 Å². The van der Waals surface area contributed by atoms with E-state index in [2.05, 4.69) is 58.6 Å². The number of carbonyl (C=O) groups excluding carboxylic acids is 1. The average Bonchev–Trinajstić information content (AvgIpc) is 2.88. The second kappa shape index (κ2) is 9.72. The number of alkyl halides is 3. The van der Waals surface area contributed by atoms with Gasteiger partial charge in [0.05, 0.1) is 5.52 Å². The van der Waals surface area contributed by atoms with Crippen molar-refractivity contribution < 1.29 is 30.6 Å². The van der Waals surface area contributed by atoms with Crippen molar-refractivity contribution >= 4 is 48.3 Å². The molecule has 0 aliphatic heterocycles. The van der Waals surface area contributed by atoms with Gasteiger partial charge in [-0.15, -0.1) is 0 Å². The molecule has 4 aromatic carbocycles. The van der Waals surface area contributed by atoms with Gasteiger partial charge in [-0.1, -0.05) is 48.5 Å². The Balaban J connectivity index is 0.000000156. The van der Waals surface area contributed by atoms with Crippen LogP contribution in [0.25, 0.3) is 32.4 Å². The second-order valence-corrected chi connectivity index (χ2v) is 10.6. The van der Waals surface area contributed by atoms with Crippen LogP contribution in [0.4, 0.5) is 13.2 Å². The number of fused-ring (bicyclic) bond motifs is 6. The zero-order chi connectivity index (χ0) is 27.1. The summed E-state index contributed by atoms with van der Waals surface area (Å²) in [6, 6.07) is 22.1. The Hall–Kier alpha value is -3.98. The lowest BCUT2D eigenvalue weighted by Crippen LogP contribution is -2.28. The molecule has 0 atom stereocenters. The molecule has 0 N–H and O–H groups in total. The molecule has 0 radical (unpaired) electrons. The van der Waals surface area contributed by atoms with Crippen molar-refractivity contribution in [3.05, 3.63) is 95.7 Å². The highest BCUT2D eigenvalue weighted by atomic mass is 32.2. The number of carbonyl (C=O) groups is 1. The molecule has 1 aliphatic carbocycles. The lowest BCUT2D eigenvalue weighted by Gasteiger charge is -2.19. The minimum Gasteiger partial charge on any atom is -0.375 e. The van der Waals surface area contributed by atoms with E-state index in [4.69, 9.17) is 0 Å². The van der Waals surface area contributed by atoms with Gasteiger partial charge in [-0.05, 0) is 75.8 Å². The Morgan fingerprint density at radius 1 is 0.816 bits per heavy atom. The van der Waals surface area contributed by atoms with Crippen molar-refractivity contribution in [3.8, 4) is 5.75 Å². The topological polar surface area (TPSA) is 73.3 Å². The quantitative estimate of drug-likeness (QED) is 0.140. The molecule has 1 heterocycles. The zero-order valence-electron chi connectivity index (χ0n) is 20.2.